The molecule has 0 unspecified atom stereocenters. The number of hydrogen-bond acceptors (Lipinski definition) is 7. The summed E-state index contributed by atoms with van der Waals surface area (Å²) in [6.45, 7) is 7.84. The number of anilines is 3. The average Bonchev–Trinajstić information content (AvgIpc) is 2.74. The summed E-state index contributed by atoms with van der Waals surface area (Å²) in [6, 6.07) is 16.3. The summed E-state index contributed by atoms with van der Waals surface area (Å²) in [7, 11) is 0. The van der Waals surface area contributed by atoms with Crippen molar-refractivity contribution in [3.8, 4) is 0 Å². The van der Waals surface area contributed by atoms with Gasteiger partial charge in [-0.1, -0.05) is 36.4 Å². The minimum Gasteiger partial charge on any atom is -0.348 e. The van der Waals surface area contributed by atoms with Gasteiger partial charge in [-0.05, 0) is 42.7 Å². The highest BCUT2D eigenvalue weighted by Gasteiger charge is 2.29. The van der Waals surface area contributed by atoms with Gasteiger partial charge in [0.05, 0.1) is 4.92 Å². The van der Waals surface area contributed by atoms with Crippen molar-refractivity contribution in [1.29, 1.82) is 0 Å². The summed E-state index contributed by atoms with van der Waals surface area (Å²) in [5.41, 5.74) is 4.11. The molecule has 2 aromatic carbocycles. The summed E-state index contributed by atoms with van der Waals surface area (Å²) in [5, 5.41) is 15.1. The first-order valence-electron chi connectivity index (χ1n) is 10.4. The van der Waals surface area contributed by atoms with Gasteiger partial charge >= 0.3 is 5.69 Å². The summed E-state index contributed by atoms with van der Waals surface area (Å²) in [6.07, 6.45) is 1.39. The molecular formula is C23H26N6O2. The lowest BCUT2D eigenvalue weighted by Gasteiger charge is -2.35. The Morgan fingerprint density at radius 1 is 1.00 bits per heavy atom. The molecule has 160 valence electrons. The van der Waals surface area contributed by atoms with Gasteiger partial charge in [0.15, 0.2) is 0 Å². The van der Waals surface area contributed by atoms with Crippen LogP contribution in [0, 0.1) is 24.0 Å². The number of nitrogens with zero attached hydrogens (tertiary/aromatic N) is 5. The van der Waals surface area contributed by atoms with E-state index >= 15 is 0 Å². The van der Waals surface area contributed by atoms with Gasteiger partial charge in [-0.3, -0.25) is 15.0 Å². The van der Waals surface area contributed by atoms with Gasteiger partial charge in [-0.2, -0.15) is 0 Å². The van der Waals surface area contributed by atoms with Gasteiger partial charge in [0.25, 0.3) is 0 Å². The molecule has 0 amide bonds. The van der Waals surface area contributed by atoms with Crippen LogP contribution in [0.1, 0.15) is 16.7 Å². The third-order valence-electron chi connectivity index (χ3n) is 5.39. The van der Waals surface area contributed by atoms with Crippen LogP contribution in [0.5, 0.6) is 0 Å². The van der Waals surface area contributed by atoms with Crippen LogP contribution >= 0.6 is 0 Å². The SMILES string of the molecule is Cc1cc(C)cc(Nc2ncnc(N3CCN(Cc4ccccc4)CC3)c2[N+](=O)[O-])c1. The van der Waals surface area contributed by atoms with Gasteiger partial charge in [-0.25, -0.2) is 9.97 Å². The molecule has 2 heterocycles. The molecule has 1 aliphatic rings. The number of benzene rings is 2. The van der Waals surface area contributed by atoms with E-state index < -0.39 is 4.92 Å². The smallest absolute Gasteiger partial charge is 0.348 e. The number of nitro groups is 1. The van der Waals surface area contributed by atoms with Crippen molar-refractivity contribution in [1.82, 2.24) is 14.9 Å². The molecule has 1 N–H and O–H groups in total. The van der Waals surface area contributed by atoms with Crippen molar-refractivity contribution < 1.29 is 4.92 Å². The van der Waals surface area contributed by atoms with E-state index in [0.717, 1.165) is 36.4 Å². The molecule has 0 saturated carbocycles. The van der Waals surface area contributed by atoms with Gasteiger partial charge in [-0.15, -0.1) is 0 Å². The highest BCUT2D eigenvalue weighted by Crippen LogP contribution is 2.34. The molecule has 0 radical (unpaired) electrons. The molecule has 1 saturated heterocycles. The van der Waals surface area contributed by atoms with Crippen molar-refractivity contribution in [2.24, 2.45) is 0 Å². The van der Waals surface area contributed by atoms with Crippen LogP contribution in [0.25, 0.3) is 0 Å². The predicted octanol–water partition coefficient (Wildman–Crippen LogP) is 4.07. The lowest BCUT2D eigenvalue weighted by Crippen LogP contribution is -2.46. The Hall–Kier alpha value is -3.52. The zero-order chi connectivity index (χ0) is 21.8. The number of aryl methyl sites for hydroxylation is 2. The number of piperazine rings is 1. The number of nitrogens with one attached hydrogen (secondary N) is 1. The molecule has 31 heavy (non-hydrogen) atoms. The molecule has 4 rings (SSSR count). The molecule has 0 spiro atoms. The Balaban J connectivity index is 1.52. The van der Waals surface area contributed by atoms with Crippen LogP contribution in [0.3, 0.4) is 0 Å². The maximum Gasteiger partial charge on any atom is 0.353 e. The Bertz CT molecular complexity index is 1040. The lowest BCUT2D eigenvalue weighted by molar-refractivity contribution is -0.383. The van der Waals surface area contributed by atoms with Gasteiger partial charge < -0.3 is 10.2 Å². The summed E-state index contributed by atoms with van der Waals surface area (Å²) in [5.74, 6) is 0.581. The molecule has 0 atom stereocenters. The molecule has 1 aliphatic heterocycles. The minimum absolute atomic E-state index is 0.0850. The highest BCUT2D eigenvalue weighted by atomic mass is 16.6. The second kappa shape index (κ2) is 9.09. The van der Waals surface area contributed by atoms with E-state index in [0.29, 0.717) is 18.9 Å². The average molecular weight is 419 g/mol. The zero-order valence-corrected chi connectivity index (χ0v) is 17.8. The van der Waals surface area contributed by atoms with E-state index in [1.165, 1.54) is 11.9 Å². The Labute approximate surface area is 181 Å². The first-order chi connectivity index (χ1) is 15.0. The standard InChI is InChI=1S/C23H26N6O2/c1-17-12-18(2)14-20(13-17)26-22-21(29(30)31)23(25-16-24-22)28-10-8-27(9-11-28)15-19-6-4-3-5-7-19/h3-7,12-14,16H,8-11,15H2,1-2H3,(H,24,25,26). The van der Waals surface area contributed by atoms with Crippen molar-refractivity contribution in [2.45, 2.75) is 20.4 Å². The third-order valence-corrected chi connectivity index (χ3v) is 5.39. The van der Waals surface area contributed by atoms with Crippen molar-refractivity contribution in [3.63, 3.8) is 0 Å². The second-order valence-electron chi connectivity index (χ2n) is 7.90. The van der Waals surface area contributed by atoms with Crippen LogP contribution < -0.4 is 10.2 Å². The van der Waals surface area contributed by atoms with Crippen molar-refractivity contribution >= 4 is 23.0 Å². The van der Waals surface area contributed by atoms with Gasteiger partial charge in [0.2, 0.25) is 11.6 Å². The van der Waals surface area contributed by atoms with E-state index in [9.17, 15) is 10.1 Å². The lowest BCUT2D eigenvalue weighted by atomic mass is 10.1. The van der Waals surface area contributed by atoms with Crippen LogP contribution in [0.2, 0.25) is 0 Å². The predicted molar refractivity (Wildman–Crippen MR) is 122 cm³/mol. The largest absolute Gasteiger partial charge is 0.353 e. The number of rotatable bonds is 6. The summed E-state index contributed by atoms with van der Waals surface area (Å²) < 4.78 is 0. The molecule has 8 nitrogen and oxygen atoms in total. The first-order valence-corrected chi connectivity index (χ1v) is 10.4. The maximum atomic E-state index is 12.0. The van der Waals surface area contributed by atoms with Gasteiger partial charge in [0.1, 0.15) is 6.33 Å². The maximum absolute atomic E-state index is 12.0. The fourth-order valence-corrected chi connectivity index (χ4v) is 4.00. The summed E-state index contributed by atoms with van der Waals surface area (Å²) >= 11 is 0. The zero-order valence-electron chi connectivity index (χ0n) is 17.8. The Morgan fingerprint density at radius 2 is 1.68 bits per heavy atom. The number of hydrogen-bond donors (Lipinski definition) is 1. The molecule has 3 aromatic rings. The van der Waals surface area contributed by atoms with Crippen molar-refractivity contribution in [2.75, 3.05) is 36.4 Å². The Kier molecular flexibility index (Phi) is 6.08. The quantitative estimate of drug-likeness (QED) is 0.477. The van der Waals surface area contributed by atoms with E-state index in [2.05, 4.69) is 38.4 Å². The first kappa shape index (κ1) is 20.7. The molecule has 1 aromatic heterocycles. The summed E-state index contributed by atoms with van der Waals surface area (Å²) in [4.78, 5) is 24.4. The second-order valence-corrected chi connectivity index (χ2v) is 7.90. The van der Waals surface area contributed by atoms with E-state index in [1.807, 2.05) is 49.1 Å². The third kappa shape index (κ3) is 4.97. The molecule has 8 heteroatoms. The number of aromatic nitrogens is 2. The topological polar surface area (TPSA) is 87.4 Å². The van der Waals surface area contributed by atoms with Gasteiger partial charge in [0, 0.05) is 38.4 Å². The van der Waals surface area contributed by atoms with Crippen molar-refractivity contribution in [3.05, 3.63) is 81.7 Å². The van der Waals surface area contributed by atoms with Crippen LogP contribution in [0.4, 0.5) is 23.0 Å². The Morgan fingerprint density at radius 3 is 2.32 bits per heavy atom. The van der Waals surface area contributed by atoms with Crippen LogP contribution in [-0.2, 0) is 6.54 Å². The fourth-order valence-electron chi connectivity index (χ4n) is 4.00. The normalized spacial score (nSPS) is 14.5. The molecule has 1 fully saturated rings. The van der Waals surface area contributed by atoms with E-state index in [-0.39, 0.29) is 11.5 Å². The van der Waals surface area contributed by atoms with Crippen LogP contribution in [-0.4, -0.2) is 46.0 Å². The highest BCUT2D eigenvalue weighted by molar-refractivity contribution is 5.74. The molecular weight excluding hydrogens is 392 g/mol. The van der Waals surface area contributed by atoms with E-state index in [1.54, 1.807) is 0 Å². The van der Waals surface area contributed by atoms with E-state index in [4.69, 9.17) is 0 Å². The fraction of sp³-hybridized carbons (Fsp3) is 0.304. The molecule has 0 bridgehead atoms. The molecule has 0 aliphatic carbocycles. The van der Waals surface area contributed by atoms with Crippen LogP contribution in [0.15, 0.2) is 54.9 Å². The monoisotopic (exact) mass is 418 g/mol. The minimum atomic E-state index is -0.392.